The van der Waals surface area contributed by atoms with Crippen LogP contribution in [0.1, 0.15) is 25.1 Å². The smallest absolute Gasteiger partial charge is 0.248 e. The summed E-state index contributed by atoms with van der Waals surface area (Å²) in [5.41, 5.74) is 2.13. The highest BCUT2D eigenvalue weighted by molar-refractivity contribution is 9.10. The minimum Gasteiger partial charge on any atom is -0.486 e. The number of nitrogens with zero attached hydrogens (tertiary/aromatic N) is 2. The minimum absolute atomic E-state index is 0.278. The molecule has 8 heteroatoms. The van der Waals surface area contributed by atoms with Gasteiger partial charge in [0, 0.05) is 34.8 Å². The number of hydrogen-bond acceptors (Lipinski definition) is 4. The minimum atomic E-state index is -0.278. The average Bonchev–Trinajstić information content (AvgIpc) is 2.86. The molecule has 0 saturated heterocycles. The molecule has 27 heavy (non-hydrogen) atoms. The monoisotopic (exact) mass is 453 g/mol. The van der Waals surface area contributed by atoms with Crippen molar-refractivity contribution in [1.82, 2.24) is 9.78 Å². The highest BCUT2D eigenvalue weighted by atomic mass is 79.9. The summed E-state index contributed by atoms with van der Waals surface area (Å²) in [6.45, 7) is 7.79. The Balaban J connectivity index is 1.74. The number of carbonyl (C=O) groups excluding carboxylic acids is 1. The zero-order valence-corrected chi connectivity index (χ0v) is 17.7. The van der Waals surface area contributed by atoms with Crippen molar-refractivity contribution < 1.29 is 14.3 Å². The summed E-state index contributed by atoms with van der Waals surface area (Å²) in [4.78, 5) is 12.4. The number of hydrogen-bond donors (Lipinski definition) is 1. The van der Waals surface area contributed by atoms with Gasteiger partial charge in [0.1, 0.15) is 18.4 Å². The van der Waals surface area contributed by atoms with E-state index in [4.69, 9.17) is 21.1 Å². The van der Waals surface area contributed by atoms with E-state index in [1.54, 1.807) is 22.9 Å². The largest absolute Gasteiger partial charge is 0.486 e. The molecule has 1 aromatic heterocycles. The molecular weight excluding hydrogens is 434 g/mol. The second kappa shape index (κ2) is 8.35. The van der Waals surface area contributed by atoms with Crippen LogP contribution in [0.15, 0.2) is 22.7 Å². The topological polar surface area (TPSA) is 65.4 Å². The van der Waals surface area contributed by atoms with Crippen LogP contribution < -0.4 is 14.8 Å². The standard InChI is InChI=1S/C19H21BrClN3O3/c1-11(2)10-24-19(21)13(12(3)23-24)4-5-18(25)22-15-9-17-16(8-14(15)20)26-6-7-27-17/h4-5,8-9,11H,6-7,10H2,1-3H3,(H,22,25)/b5-4+. The van der Waals surface area contributed by atoms with E-state index < -0.39 is 0 Å². The summed E-state index contributed by atoms with van der Waals surface area (Å²) >= 11 is 9.84. The number of carbonyl (C=O) groups is 1. The molecule has 1 aliphatic rings. The maximum atomic E-state index is 12.4. The summed E-state index contributed by atoms with van der Waals surface area (Å²) < 4.78 is 13.5. The first-order valence-corrected chi connectivity index (χ1v) is 9.83. The van der Waals surface area contributed by atoms with E-state index in [2.05, 4.69) is 40.2 Å². The molecule has 2 aromatic rings. The van der Waals surface area contributed by atoms with Crippen molar-refractivity contribution in [3.8, 4) is 11.5 Å². The molecule has 0 aliphatic carbocycles. The van der Waals surface area contributed by atoms with Gasteiger partial charge >= 0.3 is 0 Å². The van der Waals surface area contributed by atoms with Crippen molar-refractivity contribution in [1.29, 1.82) is 0 Å². The first-order valence-electron chi connectivity index (χ1n) is 8.66. The van der Waals surface area contributed by atoms with E-state index >= 15 is 0 Å². The van der Waals surface area contributed by atoms with E-state index in [1.807, 2.05) is 6.92 Å². The van der Waals surface area contributed by atoms with Crippen LogP contribution in [0.4, 0.5) is 5.69 Å². The van der Waals surface area contributed by atoms with Crippen molar-refractivity contribution in [2.24, 2.45) is 5.92 Å². The third-order valence-corrected chi connectivity index (χ3v) is 4.99. The molecule has 0 radical (unpaired) electrons. The number of aromatic nitrogens is 2. The third kappa shape index (κ3) is 4.65. The SMILES string of the molecule is Cc1nn(CC(C)C)c(Cl)c1/C=C/C(=O)Nc1cc2c(cc1Br)OCCO2. The fraction of sp³-hybridized carbons (Fsp3) is 0.368. The van der Waals surface area contributed by atoms with Crippen LogP contribution in [0.25, 0.3) is 6.08 Å². The zero-order chi connectivity index (χ0) is 19.6. The Hall–Kier alpha value is -1.99. The Morgan fingerprint density at radius 3 is 2.70 bits per heavy atom. The Morgan fingerprint density at radius 2 is 2.04 bits per heavy atom. The fourth-order valence-electron chi connectivity index (χ4n) is 2.72. The van der Waals surface area contributed by atoms with Gasteiger partial charge in [0.15, 0.2) is 11.5 Å². The summed E-state index contributed by atoms with van der Waals surface area (Å²) in [5.74, 6) is 1.41. The lowest BCUT2D eigenvalue weighted by Crippen LogP contribution is -2.16. The number of aryl methyl sites for hydroxylation is 1. The molecule has 3 rings (SSSR count). The van der Waals surface area contributed by atoms with Gasteiger partial charge in [0.05, 0.1) is 11.4 Å². The van der Waals surface area contributed by atoms with Gasteiger partial charge in [-0.3, -0.25) is 9.48 Å². The van der Waals surface area contributed by atoms with Gasteiger partial charge in [0.2, 0.25) is 5.91 Å². The molecule has 1 aliphatic heterocycles. The lowest BCUT2D eigenvalue weighted by Gasteiger charge is -2.19. The fourth-order valence-corrected chi connectivity index (χ4v) is 3.44. The Kier molecular flexibility index (Phi) is 6.11. The third-order valence-electron chi connectivity index (χ3n) is 3.94. The maximum absolute atomic E-state index is 12.4. The zero-order valence-electron chi connectivity index (χ0n) is 15.4. The second-order valence-electron chi connectivity index (χ2n) is 6.66. The van der Waals surface area contributed by atoms with Gasteiger partial charge < -0.3 is 14.8 Å². The molecule has 0 bridgehead atoms. The number of amides is 1. The number of fused-ring (bicyclic) bond motifs is 1. The molecular formula is C19H21BrClN3O3. The highest BCUT2D eigenvalue weighted by Gasteiger charge is 2.16. The summed E-state index contributed by atoms with van der Waals surface area (Å²) in [7, 11) is 0. The van der Waals surface area contributed by atoms with Gasteiger partial charge in [-0.2, -0.15) is 5.10 Å². The molecule has 0 fully saturated rings. The van der Waals surface area contributed by atoms with Crippen LogP contribution in [0.3, 0.4) is 0 Å². The van der Waals surface area contributed by atoms with Gasteiger partial charge in [-0.25, -0.2) is 0 Å². The quantitative estimate of drug-likeness (QED) is 0.666. The second-order valence-corrected chi connectivity index (χ2v) is 7.88. The molecule has 0 spiro atoms. The van der Waals surface area contributed by atoms with Gasteiger partial charge in [-0.05, 0) is 34.8 Å². The normalized spacial score (nSPS) is 13.4. The van der Waals surface area contributed by atoms with Crippen molar-refractivity contribution in [2.75, 3.05) is 18.5 Å². The number of ether oxygens (including phenoxy) is 2. The molecule has 144 valence electrons. The lowest BCUT2D eigenvalue weighted by atomic mass is 10.2. The number of nitrogens with one attached hydrogen (secondary N) is 1. The van der Waals surface area contributed by atoms with Crippen LogP contribution in [0.2, 0.25) is 5.15 Å². The maximum Gasteiger partial charge on any atom is 0.248 e. The molecule has 2 heterocycles. The predicted molar refractivity (Wildman–Crippen MR) is 110 cm³/mol. The summed E-state index contributed by atoms with van der Waals surface area (Å²) in [6, 6.07) is 3.52. The molecule has 0 unspecified atom stereocenters. The van der Waals surface area contributed by atoms with Gasteiger partial charge in [-0.1, -0.05) is 25.4 Å². The molecule has 0 atom stereocenters. The molecule has 1 aromatic carbocycles. The van der Waals surface area contributed by atoms with Crippen LogP contribution in [0, 0.1) is 12.8 Å². The number of rotatable bonds is 5. The van der Waals surface area contributed by atoms with Crippen molar-refractivity contribution in [3.63, 3.8) is 0 Å². The first kappa shape index (κ1) is 19.8. The summed E-state index contributed by atoms with van der Waals surface area (Å²) in [6.07, 6.45) is 3.13. The van der Waals surface area contributed by atoms with Crippen LogP contribution in [-0.2, 0) is 11.3 Å². The Labute approximate surface area is 171 Å². The van der Waals surface area contributed by atoms with Crippen LogP contribution >= 0.6 is 27.5 Å². The van der Waals surface area contributed by atoms with Gasteiger partial charge in [-0.15, -0.1) is 0 Å². The number of halogens is 2. The van der Waals surface area contributed by atoms with E-state index in [-0.39, 0.29) is 5.91 Å². The van der Waals surface area contributed by atoms with Gasteiger partial charge in [0.25, 0.3) is 0 Å². The Bertz CT molecular complexity index is 893. The van der Waals surface area contributed by atoms with Crippen LogP contribution in [-0.4, -0.2) is 28.9 Å². The predicted octanol–water partition coefficient (Wildman–Crippen LogP) is 4.69. The van der Waals surface area contributed by atoms with E-state index in [1.165, 1.54) is 6.08 Å². The van der Waals surface area contributed by atoms with Crippen molar-refractivity contribution in [3.05, 3.63) is 39.1 Å². The first-order chi connectivity index (χ1) is 12.8. The molecule has 6 nitrogen and oxygen atoms in total. The van der Waals surface area contributed by atoms with Crippen molar-refractivity contribution >= 4 is 45.2 Å². The number of anilines is 1. The highest BCUT2D eigenvalue weighted by Crippen LogP contribution is 2.38. The molecule has 0 saturated carbocycles. The average molecular weight is 455 g/mol. The molecule has 1 N–H and O–H groups in total. The summed E-state index contributed by atoms with van der Waals surface area (Å²) in [5, 5.41) is 7.80. The van der Waals surface area contributed by atoms with E-state index in [0.717, 1.165) is 17.8 Å². The van der Waals surface area contributed by atoms with E-state index in [9.17, 15) is 4.79 Å². The van der Waals surface area contributed by atoms with Crippen molar-refractivity contribution in [2.45, 2.75) is 27.3 Å². The number of benzene rings is 1. The lowest BCUT2D eigenvalue weighted by molar-refractivity contribution is -0.111. The van der Waals surface area contributed by atoms with Crippen LogP contribution in [0.5, 0.6) is 11.5 Å². The Morgan fingerprint density at radius 1 is 1.37 bits per heavy atom. The molecule has 1 amide bonds. The van der Waals surface area contributed by atoms with E-state index in [0.29, 0.717) is 45.9 Å².